The number of nitrogens with one attached hydrogen (secondary N) is 2. The van der Waals surface area contributed by atoms with Crippen molar-refractivity contribution in [2.45, 2.75) is 30.8 Å². The largest absolute Gasteiger partial charge is 0.378 e. The van der Waals surface area contributed by atoms with Crippen LogP contribution in [0.15, 0.2) is 53.7 Å². The molecule has 0 aliphatic rings. The summed E-state index contributed by atoms with van der Waals surface area (Å²) in [7, 11) is 1.89. The van der Waals surface area contributed by atoms with Crippen LogP contribution in [-0.4, -0.2) is 25.9 Å². The number of nitrogens with zero attached hydrogens (tertiary/aromatic N) is 3. The number of anilines is 2. The third-order valence-corrected chi connectivity index (χ3v) is 5.54. The highest BCUT2D eigenvalue weighted by molar-refractivity contribution is 8.00. The molecule has 146 valence electrons. The van der Waals surface area contributed by atoms with Crippen LogP contribution in [0.25, 0.3) is 0 Å². The molecule has 1 atom stereocenters. The smallest absolute Gasteiger partial charge is 0.237 e. The van der Waals surface area contributed by atoms with Gasteiger partial charge in [0.15, 0.2) is 11.0 Å². The lowest BCUT2D eigenvalue weighted by atomic mass is 10.2. The fraction of sp³-hybridized carbons (Fsp3) is 0.250. The Morgan fingerprint density at radius 1 is 1.18 bits per heavy atom. The van der Waals surface area contributed by atoms with Crippen LogP contribution in [0.3, 0.4) is 0 Å². The predicted molar refractivity (Wildman–Crippen MR) is 115 cm³/mol. The molecule has 2 aromatic carbocycles. The van der Waals surface area contributed by atoms with Gasteiger partial charge in [-0.25, -0.2) is 0 Å². The van der Waals surface area contributed by atoms with Gasteiger partial charge in [0.2, 0.25) is 5.91 Å². The lowest BCUT2D eigenvalue weighted by Gasteiger charge is -2.12. The van der Waals surface area contributed by atoms with Gasteiger partial charge in [-0.05, 0) is 44.2 Å². The van der Waals surface area contributed by atoms with E-state index in [1.165, 1.54) is 11.8 Å². The summed E-state index contributed by atoms with van der Waals surface area (Å²) >= 11 is 7.37. The van der Waals surface area contributed by atoms with Gasteiger partial charge in [-0.3, -0.25) is 4.79 Å². The quantitative estimate of drug-likeness (QED) is 0.555. The normalized spacial score (nSPS) is 11.9. The van der Waals surface area contributed by atoms with E-state index in [1.807, 2.05) is 74.0 Å². The molecule has 3 rings (SSSR count). The number of amides is 1. The van der Waals surface area contributed by atoms with Crippen LogP contribution in [0.4, 0.5) is 11.4 Å². The van der Waals surface area contributed by atoms with Crippen LogP contribution in [0.1, 0.15) is 18.3 Å². The van der Waals surface area contributed by atoms with Crippen molar-refractivity contribution in [3.63, 3.8) is 0 Å². The summed E-state index contributed by atoms with van der Waals surface area (Å²) in [6, 6.07) is 15.2. The first-order chi connectivity index (χ1) is 13.4. The van der Waals surface area contributed by atoms with E-state index in [-0.39, 0.29) is 11.2 Å². The summed E-state index contributed by atoms with van der Waals surface area (Å²) in [4.78, 5) is 12.4. The molecular formula is C20H22ClN5OS. The fourth-order valence-corrected chi connectivity index (χ4v) is 3.50. The minimum Gasteiger partial charge on any atom is -0.378 e. The van der Waals surface area contributed by atoms with Gasteiger partial charge >= 0.3 is 0 Å². The highest BCUT2D eigenvalue weighted by atomic mass is 35.5. The number of thioether (sulfide) groups is 1. The topological polar surface area (TPSA) is 71.8 Å². The van der Waals surface area contributed by atoms with Crippen molar-refractivity contribution in [1.29, 1.82) is 0 Å². The number of carbonyl (C=O) groups excluding carboxylic acids is 1. The van der Waals surface area contributed by atoms with Crippen molar-refractivity contribution in [2.75, 3.05) is 10.6 Å². The first-order valence-electron chi connectivity index (χ1n) is 8.84. The molecule has 2 N–H and O–H groups in total. The standard InChI is InChI=1S/C20H22ClN5OS/c1-13-7-9-16(10-8-13)23-19(27)14(2)28-20-25-24-18(26(20)3)12-22-17-6-4-5-15(21)11-17/h4-11,14,22H,12H2,1-3H3,(H,23,27). The van der Waals surface area contributed by atoms with Crippen molar-refractivity contribution in [3.05, 3.63) is 64.9 Å². The van der Waals surface area contributed by atoms with Crippen molar-refractivity contribution < 1.29 is 4.79 Å². The molecule has 1 amide bonds. The number of hydrogen-bond donors (Lipinski definition) is 2. The van der Waals surface area contributed by atoms with Crippen LogP contribution in [-0.2, 0) is 18.4 Å². The molecule has 1 aromatic heterocycles. The van der Waals surface area contributed by atoms with Crippen molar-refractivity contribution in [3.8, 4) is 0 Å². The molecule has 28 heavy (non-hydrogen) atoms. The number of halogens is 1. The summed E-state index contributed by atoms with van der Waals surface area (Å²) < 4.78 is 1.89. The maximum atomic E-state index is 12.4. The van der Waals surface area contributed by atoms with Crippen molar-refractivity contribution in [2.24, 2.45) is 7.05 Å². The maximum absolute atomic E-state index is 12.4. The van der Waals surface area contributed by atoms with Crippen molar-refractivity contribution in [1.82, 2.24) is 14.8 Å². The first-order valence-corrected chi connectivity index (χ1v) is 10.1. The minimum absolute atomic E-state index is 0.0737. The average molecular weight is 416 g/mol. The average Bonchev–Trinajstić information content (AvgIpc) is 3.01. The Kier molecular flexibility index (Phi) is 6.59. The molecule has 3 aromatic rings. The monoisotopic (exact) mass is 415 g/mol. The van der Waals surface area contributed by atoms with Crippen LogP contribution < -0.4 is 10.6 Å². The molecule has 0 spiro atoms. The summed E-state index contributed by atoms with van der Waals surface area (Å²) in [5, 5.41) is 15.7. The molecule has 0 aliphatic carbocycles. The Morgan fingerprint density at radius 3 is 2.64 bits per heavy atom. The lowest BCUT2D eigenvalue weighted by molar-refractivity contribution is -0.115. The Balaban J connectivity index is 1.58. The van der Waals surface area contributed by atoms with E-state index in [0.717, 1.165) is 22.8 Å². The summed E-state index contributed by atoms with van der Waals surface area (Å²) in [5.74, 6) is 0.698. The number of aromatic nitrogens is 3. The number of hydrogen-bond acceptors (Lipinski definition) is 5. The summed E-state index contributed by atoms with van der Waals surface area (Å²) in [6.07, 6.45) is 0. The van der Waals surface area contributed by atoms with E-state index in [1.54, 1.807) is 0 Å². The van der Waals surface area contributed by atoms with Crippen LogP contribution >= 0.6 is 23.4 Å². The van der Waals surface area contributed by atoms with Gasteiger partial charge in [-0.15, -0.1) is 10.2 Å². The van der Waals surface area contributed by atoms with E-state index in [2.05, 4.69) is 20.8 Å². The maximum Gasteiger partial charge on any atom is 0.237 e. The number of aryl methyl sites for hydroxylation is 1. The Hall–Kier alpha value is -2.51. The zero-order valence-electron chi connectivity index (χ0n) is 15.9. The molecule has 1 unspecified atom stereocenters. The van der Waals surface area contributed by atoms with Gasteiger partial charge in [0.1, 0.15) is 0 Å². The van der Waals surface area contributed by atoms with Gasteiger partial charge in [-0.2, -0.15) is 0 Å². The minimum atomic E-state index is -0.307. The molecule has 0 radical (unpaired) electrons. The van der Waals surface area contributed by atoms with E-state index >= 15 is 0 Å². The van der Waals surface area contributed by atoms with Gasteiger partial charge in [0.05, 0.1) is 11.8 Å². The van der Waals surface area contributed by atoms with E-state index in [9.17, 15) is 4.79 Å². The molecule has 6 nitrogen and oxygen atoms in total. The third-order valence-electron chi connectivity index (χ3n) is 4.17. The number of carbonyl (C=O) groups is 1. The molecule has 0 fully saturated rings. The van der Waals surface area contributed by atoms with Gasteiger partial charge < -0.3 is 15.2 Å². The molecule has 0 bridgehead atoms. The first kappa shape index (κ1) is 20.2. The molecule has 0 saturated heterocycles. The molecule has 0 aliphatic heterocycles. The highest BCUT2D eigenvalue weighted by Crippen LogP contribution is 2.23. The third kappa shape index (κ3) is 5.27. The predicted octanol–water partition coefficient (Wildman–Crippen LogP) is 4.51. The molecule has 0 saturated carbocycles. The summed E-state index contributed by atoms with van der Waals surface area (Å²) in [6.45, 7) is 4.37. The second kappa shape index (κ2) is 9.12. The second-order valence-electron chi connectivity index (χ2n) is 6.44. The number of benzene rings is 2. The van der Waals surface area contributed by atoms with Crippen LogP contribution in [0.2, 0.25) is 5.02 Å². The zero-order valence-corrected chi connectivity index (χ0v) is 17.5. The van der Waals surface area contributed by atoms with E-state index in [4.69, 9.17) is 11.6 Å². The van der Waals surface area contributed by atoms with Crippen LogP contribution in [0.5, 0.6) is 0 Å². The Bertz CT molecular complexity index is 957. The fourth-order valence-electron chi connectivity index (χ4n) is 2.47. The lowest BCUT2D eigenvalue weighted by Crippen LogP contribution is -2.22. The van der Waals surface area contributed by atoms with E-state index in [0.29, 0.717) is 16.7 Å². The van der Waals surface area contributed by atoms with E-state index < -0.39 is 0 Å². The molecule has 1 heterocycles. The molecule has 8 heteroatoms. The summed E-state index contributed by atoms with van der Waals surface area (Å²) in [5.41, 5.74) is 2.85. The van der Waals surface area contributed by atoms with Crippen LogP contribution in [0, 0.1) is 6.92 Å². The highest BCUT2D eigenvalue weighted by Gasteiger charge is 2.19. The SMILES string of the molecule is Cc1ccc(NC(=O)C(C)Sc2nnc(CNc3cccc(Cl)c3)n2C)cc1. The van der Waals surface area contributed by atoms with Gasteiger partial charge in [0.25, 0.3) is 0 Å². The zero-order chi connectivity index (χ0) is 20.1. The van der Waals surface area contributed by atoms with Crippen molar-refractivity contribution >= 4 is 40.6 Å². The second-order valence-corrected chi connectivity index (χ2v) is 8.18. The number of rotatable bonds is 7. The van der Waals surface area contributed by atoms with Gasteiger partial charge in [-0.1, -0.05) is 47.1 Å². The Labute approximate surface area is 173 Å². The van der Waals surface area contributed by atoms with Gasteiger partial charge in [0, 0.05) is 23.4 Å². The molecular weight excluding hydrogens is 394 g/mol. The Morgan fingerprint density at radius 2 is 1.93 bits per heavy atom.